The number of amides is 2. The Morgan fingerprint density at radius 2 is 1.86 bits per heavy atom. The van der Waals surface area contributed by atoms with Crippen LogP contribution in [0.3, 0.4) is 0 Å². The summed E-state index contributed by atoms with van der Waals surface area (Å²) < 4.78 is 5.17. The maximum atomic E-state index is 12.2. The Morgan fingerprint density at radius 3 is 2.32 bits per heavy atom. The molecule has 0 aromatic heterocycles. The third kappa shape index (κ3) is 9.65. The van der Waals surface area contributed by atoms with Gasteiger partial charge < -0.3 is 20.2 Å². The van der Waals surface area contributed by atoms with Crippen LogP contribution in [0.25, 0.3) is 0 Å². The van der Waals surface area contributed by atoms with Crippen molar-refractivity contribution in [3.05, 3.63) is 0 Å². The van der Waals surface area contributed by atoms with Gasteiger partial charge in [-0.3, -0.25) is 4.79 Å². The Balaban J connectivity index is 4.70. The van der Waals surface area contributed by atoms with Crippen molar-refractivity contribution in [1.82, 2.24) is 10.6 Å². The van der Waals surface area contributed by atoms with Gasteiger partial charge >= 0.3 is 6.09 Å². The lowest BCUT2D eigenvalue weighted by atomic mass is 10.1. The highest BCUT2D eigenvalue weighted by molar-refractivity contribution is 7.98. The zero-order valence-electron chi connectivity index (χ0n) is 14.1. The monoisotopic (exact) mass is 332 g/mol. The first-order chi connectivity index (χ1) is 10.2. The molecule has 2 amide bonds. The average Bonchev–Trinajstić information content (AvgIpc) is 2.40. The van der Waals surface area contributed by atoms with E-state index in [9.17, 15) is 14.4 Å². The number of ether oxygens (including phenoxy) is 1. The second-order valence-corrected chi connectivity index (χ2v) is 7.01. The summed E-state index contributed by atoms with van der Waals surface area (Å²) in [6.45, 7) is 7.21. The topological polar surface area (TPSA) is 84.5 Å². The number of rotatable bonds is 9. The Bertz CT molecular complexity index is 369. The van der Waals surface area contributed by atoms with Crippen LogP contribution in [-0.4, -0.2) is 48.0 Å². The predicted molar refractivity (Wildman–Crippen MR) is 89.1 cm³/mol. The van der Waals surface area contributed by atoms with Crippen molar-refractivity contribution >= 4 is 30.0 Å². The van der Waals surface area contributed by atoms with Gasteiger partial charge in [0.25, 0.3) is 0 Å². The van der Waals surface area contributed by atoms with Crippen molar-refractivity contribution in [1.29, 1.82) is 0 Å². The lowest BCUT2D eigenvalue weighted by Gasteiger charge is -2.24. The molecule has 2 N–H and O–H groups in total. The molecule has 0 fully saturated rings. The van der Waals surface area contributed by atoms with E-state index in [0.29, 0.717) is 18.6 Å². The fourth-order valence-electron chi connectivity index (χ4n) is 1.72. The number of hydrogen-bond acceptors (Lipinski definition) is 5. The molecule has 0 aliphatic rings. The average molecular weight is 332 g/mol. The molecule has 0 unspecified atom stereocenters. The van der Waals surface area contributed by atoms with Gasteiger partial charge in [-0.05, 0) is 45.6 Å². The molecule has 0 heterocycles. The summed E-state index contributed by atoms with van der Waals surface area (Å²) in [5.74, 6) is 0.360. The van der Waals surface area contributed by atoms with Crippen LogP contribution in [0, 0.1) is 0 Å². The molecule has 0 saturated heterocycles. The van der Waals surface area contributed by atoms with E-state index in [1.54, 1.807) is 32.5 Å². The SMILES string of the molecule is CCC[C@@H](C=O)NC(=O)[C@H](CCSC)NC(=O)OC(C)(C)C. The number of hydrogen-bond donors (Lipinski definition) is 2. The first-order valence-corrected chi connectivity index (χ1v) is 8.87. The Morgan fingerprint density at radius 1 is 1.23 bits per heavy atom. The lowest BCUT2D eigenvalue weighted by Crippen LogP contribution is -2.51. The van der Waals surface area contributed by atoms with Gasteiger partial charge in [-0.2, -0.15) is 11.8 Å². The van der Waals surface area contributed by atoms with Crippen molar-refractivity contribution in [2.75, 3.05) is 12.0 Å². The van der Waals surface area contributed by atoms with E-state index in [2.05, 4.69) is 10.6 Å². The number of carbonyl (C=O) groups excluding carboxylic acids is 3. The van der Waals surface area contributed by atoms with E-state index in [-0.39, 0.29) is 5.91 Å². The predicted octanol–water partition coefficient (Wildman–Crippen LogP) is 2.12. The molecule has 2 atom stereocenters. The zero-order valence-corrected chi connectivity index (χ0v) is 14.9. The minimum atomic E-state index is -0.707. The van der Waals surface area contributed by atoms with E-state index in [0.717, 1.165) is 12.7 Å². The largest absolute Gasteiger partial charge is 0.444 e. The van der Waals surface area contributed by atoms with Crippen molar-refractivity contribution in [2.45, 2.75) is 64.6 Å². The van der Waals surface area contributed by atoms with Gasteiger partial charge in [0.2, 0.25) is 5.91 Å². The minimum absolute atomic E-state index is 0.356. The molecule has 6 nitrogen and oxygen atoms in total. The molecule has 0 bridgehead atoms. The van der Waals surface area contributed by atoms with E-state index >= 15 is 0 Å². The molecule has 0 spiro atoms. The van der Waals surface area contributed by atoms with Crippen LogP contribution >= 0.6 is 11.8 Å². The minimum Gasteiger partial charge on any atom is -0.444 e. The number of thioether (sulfide) groups is 1. The van der Waals surface area contributed by atoms with Crippen molar-refractivity contribution in [3.63, 3.8) is 0 Å². The van der Waals surface area contributed by atoms with Gasteiger partial charge in [0.1, 0.15) is 17.9 Å². The van der Waals surface area contributed by atoms with E-state index in [1.807, 2.05) is 13.2 Å². The van der Waals surface area contributed by atoms with Crippen LogP contribution in [0.1, 0.15) is 47.0 Å². The quantitative estimate of drug-likeness (QED) is 0.632. The van der Waals surface area contributed by atoms with Crippen LogP contribution in [0.15, 0.2) is 0 Å². The summed E-state index contributed by atoms with van der Waals surface area (Å²) in [6, 6.07) is -1.23. The summed E-state index contributed by atoms with van der Waals surface area (Å²) in [5.41, 5.74) is -0.627. The number of alkyl carbamates (subject to hydrolysis) is 1. The Hall–Kier alpha value is -1.24. The second-order valence-electron chi connectivity index (χ2n) is 6.02. The molecule has 7 heteroatoms. The standard InChI is InChI=1S/C15H28N2O4S/c1-6-7-11(10-18)16-13(19)12(8-9-22-5)17-14(20)21-15(2,3)4/h10-12H,6-9H2,1-5H3,(H,16,19)(H,17,20)/t11-,12-/m0/s1. The van der Waals surface area contributed by atoms with Crippen LogP contribution in [-0.2, 0) is 14.3 Å². The van der Waals surface area contributed by atoms with Gasteiger partial charge in [0, 0.05) is 0 Å². The normalized spacial score (nSPS) is 13.9. The summed E-state index contributed by atoms with van der Waals surface area (Å²) >= 11 is 1.58. The summed E-state index contributed by atoms with van der Waals surface area (Å²) in [5, 5.41) is 5.24. The molecule has 128 valence electrons. The number of aldehydes is 1. The highest BCUT2D eigenvalue weighted by Gasteiger charge is 2.25. The molecule has 0 aromatic rings. The molecule has 0 aliphatic heterocycles. The van der Waals surface area contributed by atoms with Crippen LogP contribution < -0.4 is 10.6 Å². The van der Waals surface area contributed by atoms with E-state index in [4.69, 9.17) is 4.74 Å². The molecular weight excluding hydrogens is 304 g/mol. The Labute approximate surface area is 137 Å². The van der Waals surface area contributed by atoms with Gasteiger partial charge in [0.05, 0.1) is 6.04 Å². The van der Waals surface area contributed by atoms with Crippen LogP contribution in [0.2, 0.25) is 0 Å². The van der Waals surface area contributed by atoms with Crippen molar-refractivity contribution in [3.8, 4) is 0 Å². The van der Waals surface area contributed by atoms with Crippen LogP contribution in [0.4, 0.5) is 4.79 Å². The molecule has 0 saturated carbocycles. The third-order valence-electron chi connectivity index (χ3n) is 2.71. The Kier molecular flexibility index (Phi) is 9.89. The van der Waals surface area contributed by atoms with Gasteiger partial charge in [-0.25, -0.2) is 4.79 Å². The lowest BCUT2D eigenvalue weighted by molar-refractivity contribution is -0.126. The van der Waals surface area contributed by atoms with Crippen LogP contribution in [0.5, 0.6) is 0 Å². The maximum Gasteiger partial charge on any atom is 0.408 e. The molecule has 0 radical (unpaired) electrons. The highest BCUT2D eigenvalue weighted by atomic mass is 32.2. The fourth-order valence-corrected chi connectivity index (χ4v) is 2.19. The molecule has 0 rings (SSSR count). The van der Waals surface area contributed by atoms with Crippen molar-refractivity contribution < 1.29 is 19.1 Å². The molecule has 0 aliphatic carbocycles. The highest BCUT2D eigenvalue weighted by Crippen LogP contribution is 2.08. The molecule has 0 aromatic carbocycles. The molecule has 22 heavy (non-hydrogen) atoms. The summed E-state index contributed by atoms with van der Waals surface area (Å²) in [4.78, 5) is 35.0. The van der Waals surface area contributed by atoms with E-state index in [1.165, 1.54) is 0 Å². The summed E-state index contributed by atoms with van der Waals surface area (Å²) in [6.07, 6.45) is 3.86. The second kappa shape index (κ2) is 10.5. The van der Waals surface area contributed by atoms with E-state index < -0.39 is 23.8 Å². The first kappa shape index (κ1) is 20.8. The fraction of sp³-hybridized carbons (Fsp3) is 0.800. The van der Waals surface area contributed by atoms with Crippen molar-refractivity contribution in [2.24, 2.45) is 0 Å². The first-order valence-electron chi connectivity index (χ1n) is 7.47. The van der Waals surface area contributed by atoms with Gasteiger partial charge in [-0.15, -0.1) is 0 Å². The molecular formula is C15H28N2O4S. The van der Waals surface area contributed by atoms with Gasteiger partial charge in [-0.1, -0.05) is 13.3 Å². The summed E-state index contributed by atoms with van der Waals surface area (Å²) in [7, 11) is 0. The van der Waals surface area contributed by atoms with Gasteiger partial charge in [0.15, 0.2) is 0 Å². The smallest absolute Gasteiger partial charge is 0.408 e. The third-order valence-corrected chi connectivity index (χ3v) is 3.35. The number of nitrogens with one attached hydrogen (secondary N) is 2. The zero-order chi connectivity index (χ0) is 17.2. The number of carbonyl (C=O) groups is 3. The maximum absolute atomic E-state index is 12.2.